The van der Waals surface area contributed by atoms with E-state index in [4.69, 9.17) is 9.05 Å². The molecule has 0 amide bonds. The minimum absolute atomic E-state index is 0.209. The Bertz CT molecular complexity index is 994. The Hall–Kier alpha value is -1.70. The van der Waals surface area contributed by atoms with E-state index >= 15 is 0 Å². The molecule has 0 saturated carbocycles. The van der Waals surface area contributed by atoms with Crippen molar-refractivity contribution in [3.05, 3.63) is 60.2 Å². The second-order valence-corrected chi connectivity index (χ2v) is 11.9. The van der Waals surface area contributed by atoms with Crippen molar-refractivity contribution in [2.75, 3.05) is 31.6 Å². The van der Waals surface area contributed by atoms with Crippen molar-refractivity contribution in [3.63, 3.8) is 0 Å². The average Bonchev–Trinajstić information content (AvgIpc) is 2.75. The van der Waals surface area contributed by atoms with Crippen molar-refractivity contribution in [1.29, 1.82) is 0 Å². The van der Waals surface area contributed by atoms with Gasteiger partial charge in [0.1, 0.15) is 5.28 Å². The fraction of sp³-hybridized carbons (Fsp3) is 0.455. The number of nitrogens with one attached hydrogen (secondary N) is 1. The number of rotatable bonds is 9. The molecule has 1 aliphatic rings. The van der Waals surface area contributed by atoms with E-state index in [2.05, 4.69) is 5.32 Å². The first kappa shape index (κ1) is 24.0. The summed E-state index contributed by atoms with van der Waals surface area (Å²) in [6, 6.07) is 16.3. The van der Waals surface area contributed by atoms with E-state index < -0.39 is 22.9 Å². The van der Waals surface area contributed by atoms with Crippen LogP contribution in [0.3, 0.4) is 0 Å². The van der Waals surface area contributed by atoms with E-state index in [-0.39, 0.29) is 31.2 Å². The lowest BCUT2D eigenvalue weighted by Crippen LogP contribution is -2.51. The molecule has 1 aliphatic heterocycles. The van der Waals surface area contributed by atoms with Crippen molar-refractivity contribution in [3.8, 4) is 0 Å². The highest BCUT2D eigenvalue weighted by Crippen LogP contribution is 2.63. The van der Waals surface area contributed by atoms with E-state index in [1.54, 1.807) is 38.1 Å². The van der Waals surface area contributed by atoms with Crippen LogP contribution in [0.15, 0.2) is 59.5 Å². The zero-order valence-electron chi connectivity index (χ0n) is 18.3. The molecule has 31 heavy (non-hydrogen) atoms. The molecule has 0 atom stereocenters. The number of benzene rings is 2. The Balaban J connectivity index is 1.90. The van der Waals surface area contributed by atoms with Crippen LogP contribution in [0.25, 0.3) is 0 Å². The summed E-state index contributed by atoms with van der Waals surface area (Å²) in [6.07, 6.45) is 0.592. The Kier molecular flexibility index (Phi) is 7.60. The minimum atomic E-state index is -3.64. The van der Waals surface area contributed by atoms with Crippen LogP contribution < -0.4 is 5.32 Å². The highest BCUT2D eigenvalue weighted by molar-refractivity contribution is 7.89. The molecule has 0 spiro atoms. The lowest BCUT2D eigenvalue weighted by Gasteiger charge is -2.45. The van der Waals surface area contributed by atoms with Crippen molar-refractivity contribution in [2.24, 2.45) is 0 Å². The van der Waals surface area contributed by atoms with Gasteiger partial charge in [-0.05, 0) is 57.9 Å². The summed E-state index contributed by atoms with van der Waals surface area (Å²) in [7, 11) is -7.22. The number of nitrogens with zero attached hydrogens (tertiary/aromatic N) is 1. The second-order valence-electron chi connectivity index (χ2n) is 7.57. The first-order valence-electron chi connectivity index (χ1n) is 10.6. The molecular weight excluding hydrogens is 435 g/mol. The van der Waals surface area contributed by atoms with Gasteiger partial charge in [0, 0.05) is 18.8 Å². The van der Waals surface area contributed by atoms with Crippen LogP contribution in [0.1, 0.15) is 32.3 Å². The summed E-state index contributed by atoms with van der Waals surface area (Å²) in [5.41, 5.74) is 1.79. The third kappa shape index (κ3) is 5.04. The van der Waals surface area contributed by atoms with Crippen LogP contribution in [-0.4, -0.2) is 44.3 Å². The van der Waals surface area contributed by atoms with Crippen LogP contribution >= 0.6 is 7.60 Å². The Morgan fingerprint density at radius 1 is 0.968 bits per heavy atom. The van der Waals surface area contributed by atoms with E-state index in [0.29, 0.717) is 12.8 Å². The predicted octanol–water partition coefficient (Wildman–Crippen LogP) is 4.85. The smallest absolute Gasteiger partial charge is 0.355 e. The lowest BCUT2D eigenvalue weighted by molar-refractivity contribution is 0.179. The zero-order valence-corrected chi connectivity index (χ0v) is 20.0. The van der Waals surface area contributed by atoms with Crippen LogP contribution in [-0.2, 0) is 23.6 Å². The predicted molar refractivity (Wildman–Crippen MR) is 123 cm³/mol. The fourth-order valence-electron chi connectivity index (χ4n) is 3.84. The van der Waals surface area contributed by atoms with E-state index in [9.17, 15) is 13.0 Å². The first-order valence-corrected chi connectivity index (χ1v) is 13.5. The number of anilines is 1. The topological polar surface area (TPSA) is 84.9 Å². The SMILES string of the molecule is CCOP(=O)(OCC)C1(Nc2ccccc2)CCN(S(=O)(=O)c2ccc(C)cc2)CC1. The van der Waals surface area contributed by atoms with Gasteiger partial charge in [0.15, 0.2) is 0 Å². The fourth-order valence-corrected chi connectivity index (χ4v) is 7.54. The Labute approximate surface area is 185 Å². The van der Waals surface area contributed by atoms with E-state index in [0.717, 1.165) is 11.3 Å². The van der Waals surface area contributed by atoms with Crippen LogP contribution in [0.2, 0.25) is 0 Å². The number of hydrogen-bond acceptors (Lipinski definition) is 6. The summed E-state index contributed by atoms with van der Waals surface area (Å²) >= 11 is 0. The molecule has 170 valence electrons. The quantitative estimate of drug-likeness (QED) is 0.532. The van der Waals surface area contributed by atoms with Gasteiger partial charge in [0.25, 0.3) is 0 Å². The normalized spacial score (nSPS) is 17.4. The maximum Gasteiger partial charge on any atom is 0.355 e. The largest absolute Gasteiger partial charge is 0.369 e. The highest BCUT2D eigenvalue weighted by atomic mass is 32.2. The summed E-state index contributed by atoms with van der Waals surface area (Å²) in [5, 5.41) is 2.38. The number of aryl methyl sites for hydroxylation is 1. The van der Waals surface area contributed by atoms with Gasteiger partial charge in [-0.3, -0.25) is 4.57 Å². The van der Waals surface area contributed by atoms with Crippen LogP contribution in [0.4, 0.5) is 5.69 Å². The summed E-state index contributed by atoms with van der Waals surface area (Å²) < 4.78 is 53.0. The molecule has 2 aromatic rings. The maximum absolute atomic E-state index is 13.9. The second kappa shape index (κ2) is 9.84. The summed E-state index contributed by atoms with van der Waals surface area (Å²) in [4.78, 5) is 0.263. The highest BCUT2D eigenvalue weighted by Gasteiger charge is 2.53. The molecule has 0 aromatic heterocycles. The van der Waals surface area contributed by atoms with Gasteiger partial charge in [0.2, 0.25) is 10.0 Å². The molecule has 2 aromatic carbocycles. The minimum Gasteiger partial charge on any atom is -0.369 e. The molecule has 0 bridgehead atoms. The van der Waals surface area contributed by atoms with Crippen molar-refractivity contribution in [1.82, 2.24) is 4.31 Å². The number of piperidine rings is 1. The molecule has 1 heterocycles. The molecule has 7 nitrogen and oxygen atoms in total. The van der Waals surface area contributed by atoms with Gasteiger partial charge >= 0.3 is 7.60 Å². The number of para-hydroxylation sites is 1. The molecular formula is C22H31N2O5PS. The molecule has 0 radical (unpaired) electrons. The summed E-state index contributed by atoms with van der Waals surface area (Å²) in [5.74, 6) is 0. The zero-order chi connectivity index (χ0) is 22.5. The van der Waals surface area contributed by atoms with Gasteiger partial charge in [-0.25, -0.2) is 8.42 Å². The Morgan fingerprint density at radius 3 is 2.03 bits per heavy atom. The molecule has 1 fully saturated rings. The molecule has 3 rings (SSSR count). The van der Waals surface area contributed by atoms with Gasteiger partial charge in [0.05, 0.1) is 18.1 Å². The average molecular weight is 467 g/mol. The monoisotopic (exact) mass is 466 g/mol. The Morgan fingerprint density at radius 2 is 1.52 bits per heavy atom. The van der Waals surface area contributed by atoms with Crippen LogP contribution in [0.5, 0.6) is 0 Å². The molecule has 1 N–H and O–H groups in total. The molecule has 1 saturated heterocycles. The maximum atomic E-state index is 13.9. The molecule has 0 unspecified atom stereocenters. The number of hydrogen-bond donors (Lipinski definition) is 1. The van der Waals surface area contributed by atoms with Gasteiger partial charge in [-0.15, -0.1) is 0 Å². The van der Waals surface area contributed by atoms with E-state index in [1.807, 2.05) is 37.3 Å². The van der Waals surface area contributed by atoms with Crippen molar-refractivity contribution >= 4 is 23.3 Å². The summed E-state index contributed by atoms with van der Waals surface area (Å²) in [6.45, 7) is 6.36. The third-order valence-electron chi connectivity index (χ3n) is 5.48. The third-order valence-corrected chi connectivity index (χ3v) is 10.2. The standard InChI is InChI=1S/C22H31N2O5PS/c1-4-28-30(25,29-5-2)22(23-20-9-7-6-8-10-20)15-17-24(18-16-22)31(26,27)21-13-11-19(3)12-14-21/h6-14,23H,4-5,15-18H2,1-3H3. The molecule has 9 heteroatoms. The first-order chi connectivity index (χ1) is 14.8. The van der Waals surface area contributed by atoms with E-state index in [1.165, 1.54) is 4.31 Å². The van der Waals surface area contributed by atoms with Gasteiger partial charge < -0.3 is 14.4 Å². The molecule has 0 aliphatic carbocycles. The van der Waals surface area contributed by atoms with Crippen molar-refractivity contribution in [2.45, 2.75) is 43.8 Å². The van der Waals surface area contributed by atoms with Crippen LogP contribution in [0, 0.1) is 6.92 Å². The van der Waals surface area contributed by atoms with Crippen molar-refractivity contribution < 1.29 is 22.0 Å². The van der Waals surface area contributed by atoms with Gasteiger partial charge in [-0.2, -0.15) is 4.31 Å². The number of sulfonamides is 1. The van der Waals surface area contributed by atoms with Gasteiger partial charge in [-0.1, -0.05) is 35.9 Å². The lowest BCUT2D eigenvalue weighted by atomic mass is 10.1.